The van der Waals surface area contributed by atoms with Crippen LogP contribution in [0.2, 0.25) is 0 Å². The highest BCUT2D eigenvalue weighted by atomic mass is 16.5. The molecule has 0 radical (unpaired) electrons. The molecule has 0 aliphatic heterocycles. The van der Waals surface area contributed by atoms with Crippen LogP contribution < -0.4 is 20.3 Å². The lowest BCUT2D eigenvalue weighted by atomic mass is 10.1. The van der Waals surface area contributed by atoms with Crippen LogP contribution in [0.5, 0.6) is 5.75 Å². The molecule has 0 fully saturated rings. The van der Waals surface area contributed by atoms with Gasteiger partial charge in [0.25, 0.3) is 5.91 Å². The van der Waals surface area contributed by atoms with Crippen LogP contribution in [-0.2, 0) is 4.79 Å². The summed E-state index contributed by atoms with van der Waals surface area (Å²) in [6.07, 6.45) is 0. The van der Waals surface area contributed by atoms with Crippen molar-refractivity contribution in [2.75, 3.05) is 35.7 Å². The molecule has 2 N–H and O–H groups in total. The summed E-state index contributed by atoms with van der Waals surface area (Å²) in [7, 11) is 1.59. The second-order valence-electron chi connectivity index (χ2n) is 6.60. The fourth-order valence-corrected chi connectivity index (χ4v) is 3.03. The van der Waals surface area contributed by atoms with Crippen molar-refractivity contribution in [3.8, 4) is 5.75 Å². The predicted molar refractivity (Wildman–Crippen MR) is 120 cm³/mol. The third-order valence-corrected chi connectivity index (χ3v) is 4.57. The number of carbonyl (C=O) groups excluding carboxylic acids is 2. The van der Waals surface area contributed by atoms with Crippen molar-refractivity contribution in [3.05, 3.63) is 84.4 Å². The average Bonchev–Trinajstić information content (AvgIpc) is 2.79. The third kappa shape index (κ3) is 5.38. The highest BCUT2D eigenvalue weighted by Crippen LogP contribution is 2.19. The smallest absolute Gasteiger partial charge is 0.258 e. The quantitative estimate of drug-likeness (QED) is 0.584. The number of nitrogens with zero attached hydrogens (tertiary/aromatic N) is 1. The number of benzene rings is 3. The van der Waals surface area contributed by atoms with E-state index in [9.17, 15) is 9.59 Å². The molecular formula is C24H25N3O3. The van der Waals surface area contributed by atoms with Gasteiger partial charge in [-0.3, -0.25) is 9.59 Å². The molecule has 0 atom stereocenters. The molecule has 6 nitrogen and oxygen atoms in total. The number of carbonyl (C=O) groups is 2. The van der Waals surface area contributed by atoms with Crippen LogP contribution >= 0.6 is 0 Å². The topological polar surface area (TPSA) is 70.7 Å². The molecule has 3 aromatic carbocycles. The Labute approximate surface area is 176 Å². The maximum atomic E-state index is 13.0. The minimum atomic E-state index is -0.184. The first-order chi connectivity index (χ1) is 14.6. The van der Waals surface area contributed by atoms with Gasteiger partial charge in [0, 0.05) is 29.2 Å². The largest absolute Gasteiger partial charge is 0.497 e. The van der Waals surface area contributed by atoms with E-state index in [1.165, 1.54) is 0 Å². The molecule has 0 aliphatic carbocycles. The van der Waals surface area contributed by atoms with Crippen LogP contribution in [0.15, 0.2) is 78.9 Å². The Kier molecular flexibility index (Phi) is 7.05. The van der Waals surface area contributed by atoms with Gasteiger partial charge in [-0.1, -0.05) is 24.3 Å². The molecule has 2 amide bonds. The zero-order valence-electron chi connectivity index (χ0n) is 17.1. The predicted octanol–water partition coefficient (Wildman–Crippen LogP) is 4.41. The lowest BCUT2D eigenvalue weighted by Gasteiger charge is -2.21. The average molecular weight is 403 g/mol. The molecule has 0 saturated carbocycles. The van der Waals surface area contributed by atoms with Gasteiger partial charge in [-0.25, -0.2) is 0 Å². The van der Waals surface area contributed by atoms with Gasteiger partial charge in [-0.05, 0) is 61.5 Å². The summed E-state index contributed by atoms with van der Waals surface area (Å²) in [6.45, 7) is 2.58. The van der Waals surface area contributed by atoms with Gasteiger partial charge in [-0.2, -0.15) is 0 Å². The fourth-order valence-electron chi connectivity index (χ4n) is 3.03. The van der Waals surface area contributed by atoms with Crippen LogP contribution in [0.3, 0.4) is 0 Å². The van der Waals surface area contributed by atoms with Crippen molar-refractivity contribution >= 4 is 28.9 Å². The Morgan fingerprint density at radius 1 is 0.900 bits per heavy atom. The molecular weight excluding hydrogens is 378 g/mol. The molecule has 0 unspecified atom stereocenters. The second-order valence-corrected chi connectivity index (χ2v) is 6.60. The Balaban J connectivity index is 1.62. The van der Waals surface area contributed by atoms with E-state index in [0.717, 1.165) is 11.4 Å². The van der Waals surface area contributed by atoms with Crippen molar-refractivity contribution in [2.45, 2.75) is 6.92 Å². The number of rotatable bonds is 8. The Hall–Kier alpha value is -3.80. The van der Waals surface area contributed by atoms with Crippen molar-refractivity contribution < 1.29 is 14.3 Å². The fraction of sp³-hybridized carbons (Fsp3) is 0.167. The van der Waals surface area contributed by atoms with E-state index in [1.54, 1.807) is 54.5 Å². The zero-order chi connectivity index (χ0) is 21.3. The number of methoxy groups -OCH3 is 1. The lowest BCUT2D eigenvalue weighted by molar-refractivity contribution is -0.114. The molecule has 30 heavy (non-hydrogen) atoms. The molecule has 0 spiro atoms. The Morgan fingerprint density at radius 2 is 1.63 bits per heavy atom. The second kappa shape index (κ2) is 10.1. The molecule has 0 aliphatic rings. The molecule has 0 heterocycles. The van der Waals surface area contributed by atoms with Gasteiger partial charge in [0.1, 0.15) is 5.75 Å². The summed E-state index contributed by atoms with van der Waals surface area (Å²) < 4.78 is 5.11. The summed E-state index contributed by atoms with van der Waals surface area (Å²) in [6, 6.07) is 23.8. The number of hydrogen-bond donors (Lipinski definition) is 2. The van der Waals surface area contributed by atoms with E-state index in [0.29, 0.717) is 23.5 Å². The van der Waals surface area contributed by atoms with E-state index < -0.39 is 0 Å². The first kappa shape index (κ1) is 20.9. The van der Waals surface area contributed by atoms with Gasteiger partial charge in [0.15, 0.2) is 0 Å². The number of hydrogen-bond acceptors (Lipinski definition) is 4. The van der Waals surface area contributed by atoms with Gasteiger partial charge in [0.2, 0.25) is 5.91 Å². The summed E-state index contributed by atoms with van der Waals surface area (Å²) in [4.78, 5) is 26.9. The maximum absolute atomic E-state index is 13.0. The van der Waals surface area contributed by atoms with Crippen LogP contribution in [0.4, 0.5) is 17.1 Å². The van der Waals surface area contributed by atoms with Crippen LogP contribution in [0, 0.1) is 0 Å². The minimum Gasteiger partial charge on any atom is -0.497 e. The zero-order valence-corrected chi connectivity index (χ0v) is 17.1. The Bertz CT molecular complexity index is 988. The highest BCUT2D eigenvalue weighted by Gasteiger charge is 2.16. The van der Waals surface area contributed by atoms with Gasteiger partial charge in [0.05, 0.1) is 13.7 Å². The summed E-state index contributed by atoms with van der Waals surface area (Å²) in [5.41, 5.74) is 2.80. The Morgan fingerprint density at radius 3 is 2.30 bits per heavy atom. The van der Waals surface area contributed by atoms with Crippen LogP contribution in [-0.4, -0.2) is 32.0 Å². The molecule has 0 saturated heterocycles. The molecule has 3 rings (SSSR count). The molecule has 6 heteroatoms. The van der Waals surface area contributed by atoms with Gasteiger partial charge < -0.3 is 20.3 Å². The molecule has 3 aromatic rings. The monoisotopic (exact) mass is 403 g/mol. The summed E-state index contributed by atoms with van der Waals surface area (Å²) in [5.74, 6) is 0.454. The highest BCUT2D eigenvalue weighted by molar-refractivity contribution is 6.06. The van der Waals surface area contributed by atoms with E-state index >= 15 is 0 Å². The van der Waals surface area contributed by atoms with Crippen LogP contribution in [0.25, 0.3) is 0 Å². The number of nitrogens with one attached hydrogen (secondary N) is 2. The SMILES string of the molecule is CCN(C(=O)c1cccc(NCC(=O)Nc2ccc(OC)cc2)c1)c1ccccc1. The standard InChI is InChI=1S/C24H25N3O3/c1-3-27(21-10-5-4-6-11-21)24(29)18-8-7-9-20(16-18)25-17-23(28)26-19-12-14-22(30-2)15-13-19/h4-16,25H,3,17H2,1-2H3,(H,26,28). The summed E-state index contributed by atoms with van der Waals surface area (Å²) in [5, 5.41) is 5.89. The lowest BCUT2D eigenvalue weighted by Crippen LogP contribution is -2.30. The molecule has 154 valence electrons. The van der Waals surface area contributed by atoms with Crippen molar-refractivity contribution in [1.29, 1.82) is 0 Å². The number of amides is 2. The van der Waals surface area contributed by atoms with E-state index in [2.05, 4.69) is 10.6 Å². The van der Waals surface area contributed by atoms with Crippen LogP contribution in [0.1, 0.15) is 17.3 Å². The summed E-state index contributed by atoms with van der Waals surface area (Å²) >= 11 is 0. The number of anilines is 3. The normalized spacial score (nSPS) is 10.2. The van der Waals surface area contributed by atoms with E-state index in [1.807, 2.05) is 43.3 Å². The van der Waals surface area contributed by atoms with Crippen molar-refractivity contribution in [3.63, 3.8) is 0 Å². The van der Waals surface area contributed by atoms with Crippen molar-refractivity contribution in [1.82, 2.24) is 0 Å². The first-order valence-electron chi connectivity index (χ1n) is 9.75. The van der Waals surface area contributed by atoms with E-state index in [4.69, 9.17) is 4.74 Å². The molecule has 0 aromatic heterocycles. The minimum absolute atomic E-state index is 0.0832. The van der Waals surface area contributed by atoms with Gasteiger partial charge >= 0.3 is 0 Å². The van der Waals surface area contributed by atoms with Gasteiger partial charge in [-0.15, -0.1) is 0 Å². The van der Waals surface area contributed by atoms with Crippen molar-refractivity contribution in [2.24, 2.45) is 0 Å². The number of para-hydroxylation sites is 1. The first-order valence-corrected chi connectivity index (χ1v) is 9.75. The maximum Gasteiger partial charge on any atom is 0.258 e. The molecule has 0 bridgehead atoms. The van der Waals surface area contributed by atoms with E-state index in [-0.39, 0.29) is 18.4 Å². The third-order valence-electron chi connectivity index (χ3n) is 4.57. The number of ether oxygens (including phenoxy) is 1.